The molecule has 1 aliphatic carbocycles. The van der Waals surface area contributed by atoms with Crippen LogP contribution in [0.5, 0.6) is 0 Å². The first-order chi connectivity index (χ1) is 5.86. The molecule has 12 heavy (non-hydrogen) atoms. The summed E-state index contributed by atoms with van der Waals surface area (Å²) < 4.78 is 9.55. The molecular formula is C8H10N2O2. The van der Waals surface area contributed by atoms with Gasteiger partial charge >= 0.3 is 0 Å². The Balaban J connectivity index is 2.22. The minimum Gasteiger partial charge on any atom is -0.424 e. The molecule has 0 spiro atoms. The van der Waals surface area contributed by atoms with Crippen molar-refractivity contribution < 1.29 is 9.47 Å². The summed E-state index contributed by atoms with van der Waals surface area (Å²) in [7, 11) is 0. The van der Waals surface area contributed by atoms with Crippen LogP contribution in [0.25, 0.3) is 0 Å². The maximum Gasteiger partial charge on any atom is 0.286 e. The van der Waals surface area contributed by atoms with Gasteiger partial charge in [0.25, 0.3) is 12.5 Å². The Labute approximate surface area is 71.3 Å². The fourth-order valence-electron chi connectivity index (χ4n) is 1.42. The molecule has 0 aromatic heterocycles. The molecule has 0 atom stereocenters. The molecule has 0 radical (unpaired) electrons. The lowest BCUT2D eigenvalue weighted by Crippen LogP contribution is -2.24. The van der Waals surface area contributed by atoms with Crippen LogP contribution in [0.3, 0.4) is 0 Å². The summed E-state index contributed by atoms with van der Waals surface area (Å²) >= 11 is 0. The second kappa shape index (κ2) is 4.46. The second-order valence-corrected chi connectivity index (χ2v) is 2.82. The molecule has 0 bridgehead atoms. The Kier molecular flexibility index (Phi) is 3.22. The van der Waals surface area contributed by atoms with Gasteiger partial charge in [-0.3, -0.25) is 0 Å². The van der Waals surface area contributed by atoms with E-state index >= 15 is 0 Å². The van der Waals surface area contributed by atoms with E-state index in [0.717, 1.165) is 25.7 Å². The van der Waals surface area contributed by atoms with Crippen LogP contribution < -0.4 is 0 Å². The predicted octanol–water partition coefficient (Wildman–Crippen LogP) is 1.29. The van der Waals surface area contributed by atoms with Gasteiger partial charge in [-0.1, -0.05) is 0 Å². The van der Waals surface area contributed by atoms with Crippen LogP contribution in [0.15, 0.2) is 0 Å². The van der Waals surface area contributed by atoms with Gasteiger partial charge < -0.3 is 9.47 Å². The van der Waals surface area contributed by atoms with Gasteiger partial charge in [-0.05, 0) is 25.7 Å². The molecular weight excluding hydrogens is 156 g/mol. The molecule has 0 aliphatic heterocycles. The highest BCUT2D eigenvalue weighted by Crippen LogP contribution is 2.22. The summed E-state index contributed by atoms with van der Waals surface area (Å²) in [5, 5.41) is 16.5. The highest BCUT2D eigenvalue weighted by molar-refractivity contribution is 4.76. The maximum absolute atomic E-state index is 8.23. The van der Waals surface area contributed by atoms with Crippen molar-refractivity contribution in [2.24, 2.45) is 0 Å². The van der Waals surface area contributed by atoms with E-state index in [4.69, 9.17) is 20.0 Å². The quantitative estimate of drug-likeness (QED) is 0.580. The van der Waals surface area contributed by atoms with Gasteiger partial charge in [-0.25, -0.2) is 0 Å². The largest absolute Gasteiger partial charge is 0.424 e. The monoisotopic (exact) mass is 166 g/mol. The second-order valence-electron chi connectivity index (χ2n) is 2.82. The van der Waals surface area contributed by atoms with Crippen molar-refractivity contribution in [3.05, 3.63) is 0 Å². The number of hydrogen-bond donors (Lipinski definition) is 0. The minimum atomic E-state index is 0.0357. The summed E-state index contributed by atoms with van der Waals surface area (Å²) in [6.07, 6.45) is 6.65. The number of hydrogen-bond acceptors (Lipinski definition) is 4. The minimum absolute atomic E-state index is 0.0357. The molecule has 0 aromatic carbocycles. The molecule has 0 unspecified atom stereocenters. The molecule has 0 amide bonds. The van der Waals surface area contributed by atoms with Crippen LogP contribution in [-0.2, 0) is 9.47 Å². The van der Waals surface area contributed by atoms with E-state index in [2.05, 4.69) is 0 Å². The van der Waals surface area contributed by atoms with Gasteiger partial charge in [0.2, 0.25) is 0 Å². The van der Waals surface area contributed by atoms with Crippen molar-refractivity contribution >= 4 is 0 Å². The molecule has 1 saturated carbocycles. The Bertz CT molecular complexity index is 184. The van der Waals surface area contributed by atoms with Crippen molar-refractivity contribution in [1.29, 1.82) is 10.5 Å². The van der Waals surface area contributed by atoms with Crippen molar-refractivity contribution in [3.8, 4) is 12.5 Å². The Morgan fingerprint density at radius 2 is 1.17 bits per heavy atom. The first-order valence-corrected chi connectivity index (χ1v) is 3.96. The summed E-state index contributed by atoms with van der Waals surface area (Å²) in [5.41, 5.74) is 0. The summed E-state index contributed by atoms with van der Waals surface area (Å²) in [6.45, 7) is 0. The predicted molar refractivity (Wildman–Crippen MR) is 39.4 cm³/mol. The van der Waals surface area contributed by atoms with Crippen LogP contribution >= 0.6 is 0 Å². The number of ether oxygens (including phenoxy) is 2. The summed E-state index contributed by atoms with van der Waals surface area (Å²) in [4.78, 5) is 0. The first-order valence-electron chi connectivity index (χ1n) is 3.96. The van der Waals surface area contributed by atoms with Gasteiger partial charge in [-0.15, -0.1) is 0 Å². The molecule has 1 rings (SSSR count). The molecule has 64 valence electrons. The topological polar surface area (TPSA) is 66.0 Å². The lowest BCUT2D eigenvalue weighted by Gasteiger charge is -2.24. The first kappa shape index (κ1) is 8.67. The van der Waals surface area contributed by atoms with Gasteiger partial charge in [0.15, 0.2) is 0 Å². The average molecular weight is 166 g/mol. The third kappa shape index (κ3) is 2.32. The summed E-state index contributed by atoms with van der Waals surface area (Å²) in [6, 6.07) is 0. The van der Waals surface area contributed by atoms with Crippen LogP contribution in [0, 0.1) is 23.0 Å². The Hall–Kier alpha value is -1.42. The van der Waals surface area contributed by atoms with E-state index in [-0.39, 0.29) is 12.2 Å². The van der Waals surface area contributed by atoms with E-state index in [1.807, 2.05) is 0 Å². The molecule has 0 N–H and O–H groups in total. The lowest BCUT2D eigenvalue weighted by molar-refractivity contribution is 0.0481. The van der Waals surface area contributed by atoms with Crippen molar-refractivity contribution in [1.82, 2.24) is 0 Å². The van der Waals surface area contributed by atoms with E-state index < -0.39 is 0 Å². The zero-order valence-electron chi connectivity index (χ0n) is 6.69. The van der Waals surface area contributed by atoms with Crippen molar-refractivity contribution in [2.75, 3.05) is 0 Å². The molecule has 0 saturated heterocycles. The standard InChI is InChI=1S/C8H10N2O2/c9-5-11-7-1-2-8(4-3-7)12-6-10/h7-8H,1-4H2. The van der Waals surface area contributed by atoms with Gasteiger partial charge in [-0.2, -0.15) is 10.5 Å². The normalized spacial score (nSPS) is 28.2. The number of nitrogens with zero attached hydrogens (tertiary/aromatic N) is 2. The van der Waals surface area contributed by atoms with E-state index in [1.165, 1.54) is 0 Å². The van der Waals surface area contributed by atoms with Crippen LogP contribution in [-0.4, -0.2) is 12.2 Å². The molecule has 0 heterocycles. The fourth-order valence-corrected chi connectivity index (χ4v) is 1.42. The highest BCUT2D eigenvalue weighted by Gasteiger charge is 2.22. The molecule has 4 heteroatoms. The fraction of sp³-hybridized carbons (Fsp3) is 0.750. The Morgan fingerprint density at radius 3 is 1.42 bits per heavy atom. The summed E-state index contributed by atoms with van der Waals surface area (Å²) in [5.74, 6) is 0. The molecule has 4 nitrogen and oxygen atoms in total. The zero-order valence-corrected chi connectivity index (χ0v) is 6.69. The molecule has 1 fully saturated rings. The lowest BCUT2D eigenvalue weighted by atomic mass is 9.95. The van der Waals surface area contributed by atoms with Crippen LogP contribution in [0.2, 0.25) is 0 Å². The van der Waals surface area contributed by atoms with Gasteiger partial charge in [0.05, 0.1) is 0 Å². The Morgan fingerprint density at radius 1 is 0.833 bits per heavy atom. The average Bonchev–Trinajstić information content (AvgIpc) is 2.09. The van der Waals surface area contributed by atoms with Crippen molar-refractivity contribution in [3.63, 3.8) is 0 Å². The molecule has 1 aliphatic rings. The zero-order chi connectivity index (χ0) is 8.81. The van der Waals surface area contributed by atoms with Gasteiger partial charge in [0, 0.05) is 0 Å². The number of rotatable bonds is 2. The van der Waals surface area contributed by atoms with Crippen molar-refractivity contribution in [2.45, 2.75) is 37.9 Å². The van der Waals surface area contributed by atoms with Gasteiger partial charge in [0.1, 0.15) is 12.2 Å². The SMILES string of the molecule is N#COC1CCC(OC#N)CC1. The molecule has 0 aromatic rings. The van der Waals surface area contributed by atoms with E-state index in [1.54, 1.807) is 12.5 Å². The van der Waals surface area contributed by atoms with Crippen LogP contribution in [0.1, 0.15) is 25.7 Å². The third-order valence-electron chi connectivity index (χ3n) is 2.06. The van der Waals surface area contributed by atoms with E-state index in [9.17, 15) is 0 Å². The van der Waals surface area contributed by atoms with Crippen LogP contribution in [0.4, 0.5) is 0 Å². The number of nitriles is 2. The smallest absolute Gasteiger partial charge is 0.286 e. The maximum atomic E-state index is 8.23. The third-order valence-corrected chi connectivity index (χ3v) is 2.06. The highest BCUT2D eigenvalue weighted by atomic mass is 16.5. The van der Waals surface area contributed by atoms with E-state index in [0.29, 0.717) is 0 Å².